The number of hydrogen-bond donors (Lipinski definition) is 4. The van der Waals surface area contributed by atoms with Crippen molar-refractivity contribution in [2.75, 3.05) is 43.0 Å². The van der Waals surface area contributed by atoms with E-state index in [-0.39, 0.29) is 48.0 Å². The van der Waals surface area contributed by atoms with Crippen molar-refractivity contribution in [1.29, 1.82) is 0 Å². The molecule has 0 fully saturated rings. The number of carboxylic acid groups (broad SMARTS) is 1. The number of carbonyl (C=O) groups excluding carboxylic acids is 3. The molecule has 0 unspecified atom stereocenters. The molecular formula is C63H62Cl2N10O12S2. The van der Waals surface area contributed by atoms with Crippen molar-refractivity contribution in [3.63, 3.8) is 0 Å². The molecule has 0 spiro atoms. The maximum Gasteiger partial charge on any atom is 0.345 e. The van der Waals surface area contributed by atoms with E-state index >= 15 is 0 Å². The number of aromatic amines is 1. The largest absolute Gasteiger partial charge is 0.477 e. The maximum absolute atomic E-state index is 12.4. The van der Waals surface area contributed by atoms with Crippen LogP contribution in [0.15, 0.2) is 182 Å². The van der Waals surface area contributed by atoms with Crippen molar-refractivity contribution in [3.05, 3.63) is 254 Å². The number of benzene rings is 5. The van der Waals surface area contributed by atoms with Crippen LogP contribution < -0.4 is 32.9 Å². The molecule has 4 heterocycles. The summed E-state index contributed by atoms with van der Waals surface area (Å²) in [5.74, 6) is -2.72. The van der Waals surface area contributed by atoms with E-state index in [0.717, 1.165) is 33.5 Å². The van der Waals surface area contributed by atoms with Crippen molar-refractivity contribution in [2.24, 2.45) is 0 Å². The first kappa shape index (κ1) is 68.5. The average molecular weight is 1290 g/mol. The molecule has 0 aliphatic carbocycles. The van der Waals surface area contributed by atoms with Gasteiger partial charge in [0.1, 0.15) is 22.3 Å². The third-order valence-corrected chi connectivity index (χ3v) is 14.5. The molecule has 0 radical (unpaired) electrons. The molecule has 0 aliphatic heterocycles. The van der Waals surface area contributed by atoms with Crippen LogP contribution in [0.1, 0.15) is 90.0 Å². The van der Waals surface area contributed by atoms with Crippen LogP contribution in [0.5, 0.6) is 0 Å². The number of carbonyl (C=O) groups is 4. The molecule has 0 saturated heterocycles. The van der Waals surface area contributed by atoms with Crippen LogP contribution in [0.4, 0.5) is 23.3 Å². The van der Waals surface area contributed by atoms with E-state index in [9.17, 15) is 43.5 Å². The van der Waals surface area contributed by atoms with Gasteiger partial charge in [-0.3, -0.25) is 19.2 Å². The molecule has 4 aromatic heterocycles. The Kier molecular flexibility index (Phi) is 26.2. The van der Waals surface area contributed by atoms with Gasteiger partial charge in [0.25, 0.3) is 22.2 Å². The van der Waals surface area contributed by atoms with E-state index < -0.39 is 46.1 Å². The molecule has 0 saturated carbocycles. The lowest BCUT2D eigenvalue weighted by Crippen LogP contribution is -2.25. The van der Waals surface area contributed by atoms with Crippen molar-refractivity contribution < 1.29 is 38.5 Å². The summed E-state index contributed by atoms with van der Waals surface area (Å²) in [5, 5.41) is 17.7. The first-order chi connectivity index (χ1) is 42.8. The summed E-state index contributed by atoms with van der Waals surface area (Å²) in [6, 6.07) is 39.7. The van der Waals surface area contributed by atoms with Crippen LogP contribution >= 0.6 is 46.7 Å². The molecular weight excluding hydrogens is 1220 g/mol. The molecule has 9 aromatic rings. The Balaban J connectivity index is 0.000000194. The van der Waals surface area contributed by atoms with Gasteiger partial charge in [0.05, 0.1) is 32.9 Å². The number of esters is 3. The summed E-state index contributed by atoms with van der Waals surface area (Å²) in [5.41, 5.74) is 2.99. The number of thioether (sulfide) groups is 2. The van der Waals surface area contributed by atoms with Crippen LogP contribution in [0.3, 0.4) is 0 Å². The third kappa shape index (κ3) is 19.7. The normalized spacial score (nSPS) is 10.4. The maximum atomic E-state index is 12.4. The Labute approximate surface area is 529 Å². The number of rotatable bonds is 19. The van der Waals surface area contributed by atoms with E-state index in [1.807, 2.05) is 129 Å². The van der Waals surface area contributed by atoms with Gasteiger partial charge in [0.2, 0.25) is 11.9 Å². The Morgan fingerprint density at radius 3 is 1.29 bits per heavy atom. The smallest absolute Gasteiger partial charge is 0.345 e. The van der Waals surface area contributed by atoms with Crippen LogP contribution in [-0.4, -0.2) is 99.9 Å². The Bertz CT molecular complexity index is 4170. The molecule has 22 nitrogen and oxygen atoms in total. The molecule has 4 N–H and O–H groups in total. The molecule has 89 heavy (non-hydrogen) atoms. The number of hydrogen-bond acceptors (Lipinski definition) is 19. The number of H-pyrrole nitrogens is 1. The number of carboxylic acids is 1. The van der Waals surface area contributed by atoms with Gasteiger partial charge >= 0.3 is 23.9 Å². The molecule has 0 aliphatic rings. The van der Waals surface area contributed by atoms with Crippen molar-refractivity contribution in [3.8, 4) is 0 Å². The minimum atomic E-state index is -1.31. The number of nitrogens with zero attached hydrogens (tertiary/aromatic N) is 7. The Hall–Kier alpha value is -9.62. The van der Waals surface area contributed by atoms with E-state index in [1.165, 1.54) is 48.3 Å². The van der Waals surface area contributed by atoms with Crippen LogP contribution in [0, 0.1) is 13.8 Å². The fourth-order valence-electron chi connectivity index (χ4n) is 7.93. The van der Waals surface area contributed by atoms with Crippen molar-refractivity contribution in [1.82, 2.24) is 38.6 Å². The van der Waals surface area contributed by atoms with Crippen LogP contribution in [0.25, 0.3) is 0 Å². The molecule has 9 rings (SSSR count). The summed E-state index contributed by atoms with van der Waals surface area (Å²) >= 11 is 15.0. The minimum Gasteiger partial charge on any atom is -0.477 e. The Morgan fingerprint density at radius 1 is 0.517 bits per heavy atom. The predicted molar refractivity (Wildman–Crippen MR) is 344 cm³/mol. The molecule has 0 bridgehead atoms. The molecule has 0 atom stereocenters. The quantitative estimate of drug-likeness (QED) is 0.0253. The van der Waals surface area contributed by atoms with E-state index in [2.05, 4.69) is 40.3 Å². The minimum absolute atomic E-state index is 0.0365. The number of anilines is 4. The highest BCUT2D eigenvalue weighted by Gasteiger charge is 2.20. The first-order valence-electron chi connectivity index (χ1n) is 27.2. The summed E-state index contributed by atoms with van der Waals surface area (Å²) in [6.07, 6.45) is 9.14. The standard InChI is InChI=1S/C21H20ClN3O3.C19H16ClN3O3.C15H16N2O3S.C8H10N2O3S/c1-3-28-20(27)16-13-25(12-15-8-5-4-6-9-15)21(24-19(16)26)23-18-11-7-10-17(22)14(18)2;1-12-15(20)8-5-9-16(12)21-19-22-17(24)14(18(25)26)11-23(19)10-13-6-3-2-4-7-13;1-3-20-14(19)12-10-17(15(21-2)16-13(12)18)9-11-7-5-4-6-8-11;1-3-13-7(12)5-4-9-8(14-2)10-6(5)11/h4-11,13H,3,12H2,1-2H3,(H,23,24,26);2-9,11H,10H2,1H3,(H,25,26)(H,21,22,24);4-8,10H,3,9H2,1-2H3;4H,3H2,1-2H3,(H,9,10,11). The van der Waals surface area contributed by atoms with E-state index in [0.29, 0.717) is 51.6 Å². The van der Waals surface area contributed by atoms with Crippen LogP contribution in [-0.2, 0) is 33.8 Å². The monoisotopic (exact) mass is 1280 g/mol. The highest BCUT2D eigenvalue weighted by molar-refractivity contribution is 7.98. The van der Waals surface area contributed by atoms with Gasteiger partial charge < -0.3 is 48.6 Å². The highest BCUT2D eigenvalue weighted by Crippen LogP contribution is 2.27. The Morgan fingerprint density at radius 2 is 0.899 bits per heavy atom. The van der Waals surface area contributed by atoms with E-state index in [1.54, 1.807) is 58.9 Å². The van der Waals surface area contributed by atoms with Gasteiger partial charge in [0, 0.05) is 52.8 Å². The van der Waals surface area contributed by atoms with Gasteiger partial charge in [0.15, 0.2) is 10.3 Å². The van der Waals surface area contributed by atoms with Gasteiger partial charge in [-0.1, -0.05) is 150 Å². The number of halogens is 2. The predicted octanol–water partition coefficient (Wildman–Crippen LogP) is 10.7. The second kappa shape index (κ2) is 34.1. The van der Waals surface area contributed by atoms with E-state index in [4.69, 9.17) is 32.7 Å². The summed E-state index contributed by atoms with van der Waals surface area (Å²) in [7, 11) is 0. The van der Waals surface area contributed by atoms with Gasteiger partial charge in [-0.25, -0.2) is 24.2 Å². The summed E-state index contributed by atoms with van der Waals surface area (Å²) in [6.45, 7) is 10.7. The zero-order valence-corrected chi connectivity index (χ0v) is 52.5. The second-order valence-corrected chi connectivity index (χ2v) is 20.9. The SMILES string of the molecule is CCOC(=O)c1cn(Cc2ccccc2)c(Nc2cccc(Cl)c2C)nc1=O.CCOC(=O)c1cn(Cc2ccccc2)c(SC)nc1=O.CCOC(=O)c1cnc(SC)[nH]c1=O.Cc1c(Cl)cccc1Nc1nc(=O)c(C(=O)O)cn1Cc1ccccc1. The number of aromatic nitrogens is 8. The lowest BCUT2D eigenvalue weighted by atomic mass is 10.2. The third-order valence-electron chi connectivity index (χ3n) is 12.4. The topological polar surface area (TPSA) is 291 Å². The summed E-state index contributed by atoms with van der Waals surface area (Å²) < 4.78 is 19.6. The fourth-order valence-corrected chi connectivity index (χ4v) is 9.16. The number of aromatic carboxylic acids is 1. The number of nitrogens with one attached hydrogen (secondary N) is 3. The molecule has 26 heteroatoms. The second-order valence-electron chi connectivity index (χ2n) is 18.5. The molecule has 0 amide bonds. The van der Waals surface area contributed by atoms with Crippen molar-refractivity contribution in [2.45, 2.75) is 64.6 Å². The molecule has 462 valence electrons. The fraction of sp³-hybridized carbons (Fsp3) is 0.206. The number of ether oxygens (including phenoxy) is 3. The van der Waals surface area contributed by atoms with Gasteiger partial charge in [-0.2, -0.15) is 15.0 Å². The lowest BCUT2D eigenvalue weighted by molar-refractivity contribution is 0.0513. The molecule has 5 aromatic carbocycles. The zero-order valence-electron chi connectivity index (χ0n) is 49.3. The van der Waals surface area contributed by atoms with Crippen molar-refractivity contribution >= 4 is 93.9 Å². The van der Waals surface area contributed by atoms with Gasteiger partial charge in [-0.05, 0) is 99.2 Å². The first-order valence-corrected chi connectivity index (χ1v) is 30.4. The van der Waals surface area contributed by atoms with Crippen LogP contribution in [0.2, 0.25) is 10.0 Å². The van der Waals surface area contributed by atoms with Gasteiger partial charge in [-0.15, -0.1) is 0 Å². The zero-order chi connectivity index (χ0) is 64.6. The average Bonchev–Trinajstić information content (AvgIpc) is 1.76. The summed E-state index contributed by atoms with van der Waals surface area (Å²) in [4.78, 5) is 112. The lowest BCUT2D eigenvalue weighted by Gasteiger charge is -2.16. The highest BCUT2D eigenvalue weighted by atomic mass is 35.5.